The summed E-state index contributed by atoms with van der Waals surface area (Å²) < 4.78 is 13.3. The molecule has 24 heavy (non-hydrogen) atoms. The van der Waals surface area contributed by atoms with Crippen LogP contribution in [0.2, 0.25) is 0 Å². The molecule has 1 aromatic carbocycles. The van der Waals surface area contributed by atoms with E-state index in [0.29, 0.717) is 32.5 Å². The zero-order valence-electron chi connectivity index (χ0n) is 14.6. The van der Waals surface area contributed by atoms with E-state index < -0.39 is 0 Å². The molecule has 0 saturated carbocycles. The van der Waals surface area contributed by atoms with Crippen molar-refractivity contribution in [3.8, 4) is 0 Å². The highest BCUT2D eigenvalue weighted by Gasteiger charge is 2.29. The minimum atomic E-state index is -0.303. The number of piperidine rings is 1. The van der Waals surface area contributed by atoms with E-state index in [9.17, 15) is 14.0 Å². The molecule has 2 amide bonds. The Morgan fingerprint density at radius 2 is 2.17 bits per heavy atom. The number of halogens is 1. The molecule has 0 aliphatic carbocycles. The van der Waals surface area contributed by atoms with Crippen LogP contribution in [-0.4, -0.2) is 55.3 Å². The minimum absolute atomic E-state index is 0.0685. The number of nitrogens with one attached hydrogen (secondary N) is 1. The molecule has 0 aromatic heterocycles. The van der Waals surface area contributed by atoms with Crippen molar-refractivity contribution in [2.24, 2.45) is 5.92 Å². The molecule has 1 aliphatic rings. The lowest BCUT2D eigenvalue weighted by Gasteiger charge is -2.32. The van der Waals surface area contributed by atoms with Crippen LogP contribution < -0.4 is 5.32 Å². The summed E-state index contributed by atoms with van der Waals surface area (Å²) >= 11 is 0. The summed E-state index contributed by atoms with van der Waals surface area (Å²) in [5.41, 5.74) is 1.72. The van der Waals surface area contributed by atoms with Gasteiger partial charge in [-0.2, -0.15) is 0 Å². The van der Waals surface area contributed by atoms with Crippen LogP contribution in [0.3, 0.4) is 0 Å². The van der Waals surface area contributed by atoms with Crippen LogP contribution in [-0.2, 0) is 16.1 Å². The Morgan fingerprint density at radius 3 is 2.88 bits per heavy atom. The van der Waals surface area contributed by atoms with Crippen LogP contribution in [0.5, 0.6) is 0 Å². The molecular formula is C18H26FN3O2. The van der Waals surface area contributed by atoms with Gasteiger partial charge in [0.05, 0.1) is 5.92 Å². The molecule has 1 aliphatic heterocycles. The summed E-state index contributed by atoms with van der Waals surface area (Å²) in [6.07, 6.45) is 0.982. The summed E-state index contributed by atoms with van der Waals surface area (Å²) in [4.78, 5) is 28.2. The first kappa shape index (κ1) is 18.4. The molecule has 5 nitrogen and oxygen atoms in total. The van der Waals surface area contributed by atoms with E-state index >= 15 is 0 Å². The van der Waals surface area contributed by atoms with Gasteiger partial charge in [0.2, 0.25) is 11.8 Å². The average molecular weight is 335 g/mol. The standard InChI is InChI=1S/C18H26FN3O2/c1-13-4-6-16(19)10-15(13)11-20-18(24)14-5-7-17(23)22(12-14)9-8-21(2)3/h4,6,10,14H,5,7-9,11-12H2,1-3H3,(H,20,24). The van der Waals surface area contributed by atoms with Gasteiger partial charge in [0.25, 0.3) is 0 Å². The second-order valence-electron chi connectivity index (χ2n) is 6.67. The number of hydrogen-bond acceptors (Lipinski definition) is 3. The normalized spacial score (nSPS) is 18.1. The molecule has 0 bridgehead atoms. The van der Waals surface area contributed by atoms with Crippen molar-refractivity contribution < 1.29 is 14.0 Å². The monoisotopic (exact) mass is 335 g/mol. The molecule has 1 aromatic rings. The first-order valence-electron chi connectivity index (χ1n) is 8.32. The van der Waals surface area contributed by atoms with E-state index in [2.05, 4.69) is 5.32 Å². The van der Waals surface area contributed by atoms with Gasteiger partial charge in [0.1, 0.15) is 5.82 Å². The van der Waals surface area contributed by atoms with Crippen LogP contribution in [0.4, 0.5) is 4.39 Å². The topological polar surface area (TPSA) is 52.7 Å². The molecule has 0 radical (unpaired) electrons. The number of amides is 2. The molecule has 132 valence electrons. The highest BCUT2D eigenvalue weighted by Crippen LogP contribution is 2.18. The molecule has 1 heterocycles. The van der Waals surface area contributed by atoms with E-state index in [1.54, 1.807) is 11.0 Å². The maximum absolute atomic E-state index is 13.3. The quantitative estimate of drug-likeness (QED) is 0.858. The third-order valence-electron chi connectivity index (χ3n) is 4.45. The summed E-state index contributed by atoms with van der Waals surface area (Å²) in [7, 11) is 3.92. The Kier molecular flexibility index (Phi) is 6.31. The zero-order valence-corrected chi connectivity index (χ0v) is 14.6. The highest BCUT2D eigenvalue weighted by atomic mass is 19.1. The summed E-state index contributed by atoms with van der Waals surface area (Å²) in [6, 6.07) is 4.57. The number of hydrogen-bond donors (Lipinski definition) is 1. The molecular weight excluding hydrogens is 309 g/mol. The lowest BCUT2D eigenvalue weighted by atomic mass is 9.96. The Balaban J connectivity index is 1.89. The van der Waals surface area contributed by atoms with Crippen LogP contribution in [0, 0.1) is 18.7 Å². The van der Waals surface area contributed by atoms with E-state index in [0.717, 1.165) is 17.7 Å². The molecule has 1 N–H and O–H groups in total. The van der Waals surface area contributed by atoms with Crippen LogP contribution in [0.25, 0.3) is 0 Å². The molecule has 1 fully saturated rings. The molecule has 1 saturated heterocycles. The predicted octanol–water partition coefficient (Wildman–Crippen LogP) is 1.55. The molecule has 1 unspecified atom stereocenters. The fourth-order valence-electron chi connectivity index (χ4n) is 2.82. The highest BCUT2D eigenvalue weighted by molar-refractivity contribution is 5.83. The van der Waals surface area contributed by atoms with Crippen LogP contribution in [0.1, 0.15) is 24.0 Å². The molecule has 2 rings (SSSR count). The third kappa shape index (κ3) is 5.03. The fourth-order valence-corrected chi connectivity index (χ4v) is 2.82. The number of likely N-dealkylation sites (N-methyl/N-ethyl adjacent to an activating group) is 1. The third-order valence-corrected chi connectivity index (χ3v) is 4.45. The van der Waals surface area contributed by atoms with Gasteiger partial charge in [-0.3, -0.25) is 9.59 Å². The Labute approximate surface area is 142 Å². The van der Waals surface area contributed by atoms with Gasteiger partial charge in [-0.05, 0) is 50.7 Å². The molecule has 6 heteroatoms. The van der Waals surface area contributed by atoms with Crippen molar-refractivity contribution in [3.05, 3.63) is 35.1 Å². The number of nitrogens with zero attached hydrogens (tertiary/aromatic N) is 2. The van der Waals surface area contributed by atoms with Crippen LogP contribution in [0.15, 0.2) is 18.2 Å². The second kappa shape index (κ2) is 8.24. The van der Waals surface area contributed by atoms with Crippen molar-refractivity contribution in [1.82, 2.24) is 15.1 Å². The lowest BCUT2D eigenvalue weighted by molar-refractivity contribution is -0.138. The lowest BCUT2D eigenvalue weighted by Crippen LogP contribution is -2.47. The van der Waals surface area contributed by atoms with Crippen molar-refractivity contribution in [1.29, 1.82) is 0 Å². The van der Waals surface area contributed by atoms with Gasteiger partial charge in [-0.1, -0.05) is 6.07 Å². The van der Waals surface area contributed by atoms with E-state index in [1.165, 1.54) is 12.1 Å². The molecule has 1 atom stereocenters. The first-order chi connectivity index (χ1) is 11.4. The van der Waals surface area contributed by atoms with E-state index in [4.69, 9.17) is 0 Å². The minimum Gasteiger partial charge on any atom is -0.352 e. The van der Waals surface area contributed by atoms with Gasteiger partial charge in [-0.15, -0.1) is 0 Å². The molecule has 0 spiro atoms. The Morgan fingerprint density at radius 1 is 1.42 bits per heavy atom. The summed E-state index contributed by atoms with van der Waals surface area (Å²) in [5, 5.41) is 2.88. The maximum Gasteiger partial charge on any atom is 0.225 e. The number of carbonyl (C=O) groups is 2. The van der Waals surface area contributed by atoms with Crippen molar-refractivity contribution in [2.45, 2.75) is 26.3 Å². The number of benzene rings is 1. The van der Waals surface area contributed by atoms with Crippen molar-refractivity contribution in [3.63, 3.8) is 0 Å². The number of rotatable bonds is 6. The van der Waals surface area contributed by atoms with E-state index in [-0.39, 0.29) is 23.5 Å². The Hall–Kier alpha value is -1.95. The van der Waals surface area contributed by atoms with Gasteiger partial charge < -0.3 is 15.1 Å². The van der Waals surface area contributed by atoms with Gasteiger partial charge >= 0.3 is 0 Å². The SMILES string of the molecule is Cc1ccc(F)cc1CNC(=O)C1CCC(=O)N(CCN(C)C)C1. The predicted molar refractivity (Wildman–Crippen MR) is 90.8 cm³/mol. The number of likely N-dealkylation sites (tertiary alicyclic amines) is 1. The zero-order chi connectivity index (χ0) is 17.7. The number of carbonyl (C=O) groups excluding carboxylic acids is 2. The maximum atomic E-state index is 13.3. The average Bonchev–Trinajstić information content (AvgIpc) is 2.54. The van der Waals surface area contributed by atoms with Crippen molar-refractivity contribution in [2.75, 3.05) is 33.7 Å². The fraction of sp³-hybridized carbons (Fsp3) is 0.556. The van der Waals surface area contributed by atoms with E-state index in [1.807, 2.05) is 25.9 Å². The van der Waals surface area contributed by atoms with Gasteiger partial charge in [-0.25, -0.2) is 4.39 Å². The Bertz CT molecular complexity index is 604. The van der Waals surface area contributed by atoms with Crippen LogP contribution >= 0.6 is 0 Å². The summed E-state index contributed by atoms with van der Waals surface area (Å²) in [5.74, 6) is -0.454. The smallest absolute Gasteiger partial charge is 0.225 e. The largest absolute Gasteiger partial charge is 0.352 e. The second-order valence-corrected chi connectivity index (χ2v) is 6.67. The summed E-state index contributed by atoms with van der Waals surface area (Å²) in [6.45, 7) is 4.08. The van der Waals surface area contributed by atoms with Gasteiger partial charge in [0, 0.05) is 32.6 Å². The van der Waals surface area contributed by atoms with Gasteiger partial charge in [0.15, 0.2) is 0 Å². The first-order valence-corrected chi connectivity index (χ1v) is 8.32. The number of aryl methyl sites for hydroxylation is 1. The van der Waals surface area contributed by atoms with Crippen molar-refractivity contribution >= 4 is 11.8 Å².